The number of nitrogens with zero attached hydrogens (tertiary/aromatic N) is 2. The summed E-state index contributed by atoms with van der Waals surface area (Å²) in [6.45, 7) is 15.2. The highest BCUT2D eigenvalue weighted by Gasteiger charge is 2.39. The van der Waals surface area contributed by atoms with E-state index < -0.39 is 10.9 Å². The summed E-state index contributed by atoms with van der Waals surface area (Å²) in [6, 6.07) is -0.131. The molecule has 0 atom stereocenters. The lowest BCUT2D eigenvalue weighted by molar-refractivity contribution is -0.156. The molecular weight excluding hydrogens is 777 g/mol. The first-order chi connectivity index (χ1) is 30.2. The normalized spacial score (nSPS) is 15.9. The lowest BCUT2D eigenvalue weighted by atomic mass is 9.71. The molecule has 1 aromatic carbocycles. The zero-order chi connectivity index (χ0) is 44.8. The van der Waals surface area contributed by atoms with Gasteiger partial charge in [-0.05, 0) is 95.9 Å². The van der Waals surface area contributed by atoms with Crippen molar-refractivity contribution in [2.45, 2.75) is 220 Å². The third kappa shape index (κ3) is 19.7. The van der Waals surface area contributed by atoms with E-state index in [0.717, 1.165) is 103 Å². The molecule has 0 aliphatic carbocycles. The number of ether oxygens (including phenoxy) is 2. The number of piperidine rings is 2. The Hall–Kier alpha value is -2.46. The maximum Gasteiger partial charge on any atom is 0.308 e. The Morgan fingerprint density at radius 2 is 0.935 bits per heavy atom. The minimum Gasteiger partial charge on any atom is -0.464 e. The van der Waals surface area contributed by atoms with E-state index in [1.54, 1.807) is 7.05 Å². The van der Waals surface area contributed by atoms with Crippen molar-refractivity contribution in [1.29, 1.82) is 0 Å². The highest BCUT2D eigenvalue weighted by molar-refractivity contribution is 5.74. The van der Waals surface area contributed by atoms with E-state index in [0.29, 0.717) is 23.3 Å². The highest BCUT2D eigenvalue weighted by Crippen LogP contribution is 2.42. The predicted molar refractivity (Wildman–Crippen MR) is 259 cm³/mol. The predicted octanol–water partition coefficient (Wildman–Crippen LogP) is 11.4. The summed E-state index contributed by atoms with van der Waals surface area (Å²) in [4.78, 5) is 56.4. The lowest BCUT2D eigenvalue weighted by Gasteiger charge is -2.48. The van der Waals surface area contributed by atoms with Gasteiger partial charge in [0.25, 0.3) is 10.9 Å². The van der Waals surface area contributed by atoms with Gasteiger partial charge in [0.1, 0.15) is 24.6 Å². The molecule has 2 aliphatic rings. The van der Waals surface area contributed by atoms with E-state index in [1.807, 2.05) is 0 Å². The SMILES string of the molecule is CCCCCCCC(CCCCCCC)C(=O)OCC(COC(=O)C(CCCCCCC)CCCCCCC)N1CCC2(CCN(CCCNc3c(NC)c(=O)c3=O)CC2)CC1. The molecule has 1 aromatic rings. The van der Waals surface area contributed by atoms with Gasteiger partial charge in [0, 0.05) is 13.6 Å². The van der Waals surface area contributed by atoms with Crippen LogP contribution in [0, 0.1) is 17.3 Å². The molecule has 2 fully saturated rings. The second-order valence-electron chi connectivity index (χ2n) is 19.4. The summed E-state index contributed by atoms with van der Waals surface area (Å²) in [6.07, 6.45) is 32.9. The van der Waals surface area contributed by atoms with Crippen LogP contribution in [0.15, 0.2) is 9.59 Å². The standard InChI is InChI=1S/C52H94N4O6/c1-6-10-14-18-22-27-43(28-23-19-15-11-7-2)50(59)61-41-45(42-62-51(60)44(29-24-20-16-12-8-3)30-25-21-17-13-9-4)56-39-33-52(34-40-56)31-37-55(38-32-52)36-26-35-54-47-46(53-5)48(57)49(47)58/h43-45,53-54H,6-42H2,1-5H3. The van der Waals surface area contributed by atoms with Crippen LogP contribution in [-0.2, 0) is 19.1 Å². The van der Waals surface area contributed by atoms with Gasteiger partial charge in [0.15, 0.2) is 0 Å². The van der Waals surface area contributed by atoms with E-state index in [1.165, 1.54) is 116 Å². The van der Waals surface area contributed by atoms with Crippen molar-refractivity contribution in [1.82, 2.24) is 9.80 Å². The molecule has 10 nitrogen and oxygen atoms in total. The minimum atomic E-state index is -0.433. The first-order valence-electron chi connectivity index (χ1n) is 26.3. The number of nitrogens with one attached hydrogen (secondary N) is 2. The Morgan fingerprint density at radius 1 is 0.548 bits per heavy atom. The van der Waals surface area contributed by atoms with Gasteiger partial charge in [-0.2, -0.15) is 0 Å². The van der Waals surface area contributed by atoms with Gasteiger partial charge in [-0.15, -0.1) is 0 Å². The van der Waals surface area contributed by atoms with Gasteiger partial charge in [-0.25, -0.2) is 0 Å². The average Bonchev–Trinajstić information content (AvgIpc) is 3.28. The second-order valence-corrected chi connectivity index (χ2v) is 19.4. The number of esters is 2. The van der Waals surface area contributed by atoms with Crippen molar-refractivity contribution in [2.24, 2.45) is 17.3 Å². The number of likely N-dealkylation sites (tertiary alicyclic amines) is 2. The number of unbranched alkanes of at least 4 members (excludes halogenated alkanes) is 16. The number of hydrogen-bond acceptors (Lipinski definition) is 10. The molecule has 1 spiro atoms. The summed E-state index contributed by atoms with van der Waals surface area (Å²) in [7, 11) is 1.67. The van der Waals surface area contributed by atoms with E-state index in [-0.39, 0.29) is 43.0 Å². The zero-order valence-electron chi connectivity index (χ0n) is 40.7. The summed E-state index contributed by atoms with van der Waals surface area (Å²) in [5.41, 5.74) is 0.286. The number of carbonyl (C=O) groups is 2. The van der Waals surface area contributed by atoms with Gasteiger partial charge in [0.2, 0.25) is 0 Å². The molecule has 0 bridgehead atoms. The quantitative estimate of drug-likeness (QED) is 0.0380. The van der Waals surface area contributed by atoms with Gasteiger partial charge in [0.05, 0.1) is 17.9 Å². The van der Waals surface area contributed by atoms with Crippen molar-refractivity contribution >= 4 is 23.3 Å². The molecule has 2 N–H and O–H groups in total. The molecule has 3 rings (SSSR count). The first-order valence-corrected chi connectivity index (χ1v) is 26.3. The summed E-state index contributed by atoms with van der Waals surface area (Å²) >= 11 is 0. The van der Waals surface area contributed by atoms with Crippen LogP contribution >= 0.6 is 0 Å². The van der Waals surface area contributed by atoms with Crippen LogP contribution in [0.1, 0.15) is 214 Å². The summed E-state index contributed by atoms with van der Waals surface area (Å²) < 4.78 is 12.6. The van der Waals surface area contributed by atoms with Crippen LogP contribution in [0.4, 0.5) is 11.4 Å². The Kier molecular flexibility index (Phi) is 28.0. The number of rotatable bonds is 37. The summed E-state index contributed by atoms with van der Waals surface area (Å²) in [5, 5.41) is 6.00. The molecule has 10 heteroatoms. The van der Waals surface area contributed by atoms with E-state index >= 15 is 0 Å². The minimum absolute atomic E-state index is 0.0487. The first kappa shape index (κ1) is 53.9. The molecule has 2 saturated heterocycles. The van der Waals surface area contributed by atoms with E-state index in [2.05, 4.69) is 48.1 Å². The third-order valence-electron chi connectivity index (χ3n) is 14.5. The van der Waals surface area contributed by atoms with Crippen molar-refractivity contribution in [2.75, 3.05) is 70.2 Å². The molecule has 0 amide bonds. The second kappa shape index (κ2) is 32.2. The van der Waals surface area contributed by atoms with Crippen LogP contribution in [0.25, 0.3) is 0 Å². The van der Waals surface area contributed by atoms with Crippen LogP contribution < -0.4 is 21.5 Å². The van der Waals surface area contributed by atoms with E-state index in [9.17, 15) is 19.2 Å². The molecular formula is C52H94N4O6. The monoisotopic (exact) mass is 871 g/mol. The molecule has 358 valence electrons. The van der Waals surface area contributed by atoms with Crippen LogP contribution in [-0.4, -0.2) is 87.3 Å². The largest absolute Gasteiger partial charge is 0.464 e. The van der Waals surface area contributed by atoms with Crippen LogP contribution in [0.3, 0.4) is 0 Å². The van der Waals surface area contributed by atoms with Crippen molar-refractivity contribution in [3.63, 3.8) is 0 Å². The highest BCUT2D eigenvalue weighted by atomic mass is 16.5. The Morgan fingerprint density at radius 3 is 1.34 bits per heavy atom. The van der Waals surface area contributed by atoms with Crippen molar-refractivity contribution < 1.29 is 19.1 Å². The van der Waals surface area contributed by atoms with Crippen LogP contribution in [0.5, 0.6) is 0 Å². The van der Waals surface area contributed by atoms with Gasteiger partial charge >= 0.3 is 11.9 Å². The Balaban J connectivity index is 1.61. The fourth-order valence-corrected chi connectivity index (χ4v) is 10.0. The number of hydrogen-bond donors (Lipinski definition) is 2. The number of carbonyl (C=O) groups excluding carboxylic acids is 2. The van der Waals surface area contributed by atoms with Gasteiger partial charge in [-0.1, -0.05) is 156 Å². The lowest BCUT2D eigenvalue weighted by Crippen LogP contribution is -2.52. The third-order valence-corrected chi connectivity index (χ3v) is 14.5. The Bertz CT molecular complexity index is 1320. The smallest absolute Gasteiger partial charge is 0.308 e. The molecule has 2 heterocycles. The van der Waals surface area contributed by atoms with Gasteiger partial charge < -0.3 is 25.0 Å². The van der Waals surface area contributed by atoms with Crippen molar-refractivity contribution in [3.05, 3.63) is 20.4 Å². The summed E-state index contributed by atoms with van der Waals surface area (Å²) in [5.74, 6) is -0.200. The van der Waals surface area contributed by atoms with Crippen molar-refractivity contribution in [3.8, 4) is 0 Å². The molecule has 0 saturated carbocycles. The molecule has 62 heavy (non-hydrogen) atoms. The zero-order valence-corrected chi connectivity index (χ0v) is 40.7. The Labute approximate surface area is 378 Å². The number of anilines is 2. The average molecular weight is 871 g/mol. The fraction of sp³-hybridized carbons (Fsp3) is 0.885. The van der Waals surface area contributed by atoms with Crippen LogP contribution in [0.2, 0.25) is 0 Å². The molecule has 2 aliphatic heterocycles. The molecule has 0 aromatic heterocycles. The molecule has 0 radical (unpaired) electrons. The topological polar surface area (TPSA) is 117 Å². The van der Waals surface area contributed by atoms with E-state index in [4.69, 9.17) is 9.47 Å². The van der Waals surface area contributed by atoms with Gasteiger partial charge in [-0.3, -0.25) is 24.1 Å². The maximum atomic E-state index is 13.9. The fourth-order valence-electron chi connectivity index (χ4n) is 10.0. The maximum absolute atomic E-state index is 13.9. The molecule has 0 unspecified atom stereocenters.